The van der Waals surface area contributed by atoms with Crippen molar-refractivity contribution in [1.29, 1.82) is 0 Å². The molecule has 2 unspecified atom stereocenters. The second-order valence-electron chi connectivity index (χ2n) is 7.21. The maximum absolute atomic E-state index is 12.6. The average molecular weight is 275 g/mol. The Morgan fingerprint density at radius 3 is 2.15 bits per heavy atom. The van der Waals surface area contributed by atoms with E-state index in [4.69, 9.17) is 4.74 Å². The largest absolute Gasteiger partial charge is 0.508 e. The first-order chi connectivity index (χ1) is 9.19. The SMILES string of the molecule is CC1(C)NC1C1(C(=O)Oc2ccc(O)cc2)CC1(C)C. The van der Waals surface area contributed by atoms with E-state index in [1.165, 1.54) is 12.1 Å². The van der Waals surface area contributed by atoms with Crippen molar-refractivity contribution in [2.75, 3.05) is 0 Å². The van der Waals surface area contributed by atoms with Crippen LogP contribution in [0.25, 0.3) is 0 Å². The van der Waals surface area contributed by atoms with E-state index >= 15 is 0 Å². The van der Waals surface area contributed by atoms with Crippen molar-refractivity contribution in [2.24, 2.45) is 10.8 Å². The van der Waals surface area contributed by atoms with Crippen molar-refractivity contribution in [3.05, 3.63) is 24.3 Å². The maximum atomic E-state index is 12.6. The number of aromatic hydroxyl groups is 1. The fourth-order valence-corrected chi connectivity index (χ4v) is 3.39. The molecular weight excluding hydrogens is 254 g/mol. The molecule has 0 radical (unpaired) electrons. The first kappa shape index (κ1) is 13.4. The third-order valence-corrected chi connectivity index (χ3v) is 4.86. The number of carbonyl (C=O) groups excluding carboxylic acids is 1. The van der Waals surface area contributed by atoms with Crippen LogP contribution in [0.1, 0.15) is 34.1 Å². The number of benzene rings is 1. The van der Waals surface area contributed by atoms with Gasteiger partial charge in [0.2, 0.25) is 0 Å². The second kappa shape index (κ2) is 3.76. The van der Waals surface area contributed by atoms with E-state index in [2.05, 4.69) is 33.0 Å². The Balaban J connectivity index is 1.80. The standard InChI is InChI=1S/C16H21NO3/c1-14(2)9-16(14,12-15(3,4)17-12)13(19)20-11-7-5-10(18)6-8-11/h5-8,12,17-18H,9H2,1-4H3. The number of rotatable bonds is 3. The molecule has 2 atom stereocenters. The van der Waals surface area contributed by atoms with Crippen LogP contribution in [-0.2, 0) is 4.79 Å². The Hall–Kier alpha value is -1.55. The number of nitrogens with one attached hydrogen (secondary N) is 1. The molecule has 1 heterocycles. The van der Waals surface area contributed by atoms with Crippen molar-refractivity contribution in [3.8, 4) is 11.5 Å². The molecule has 1 aliphatic carbocycles. The first-order valence-corrected chi connectivity index (χ1v) is 6.98. The molecule has 1 aromatic carbocycles. The first-order valence-electron chi connectivity index (χ1n) is 6.98. The predicted molar refractivity (Wildman–Crippen MR) is 75.6 cm³/mol. The van der Waals surface area contributed by atoms with Gasteiger partial charge in [0.15, 0.2) is 0 Å². The van der Waals surface area contributed by atoms with Crippen molar-refractivity contribution in [1.82, 2.24) is 5.32 Å². The summed E-state index contributed by atoms with van der Waals surface area (Å²) in [6.45, 7) is 8.45. The summed E-state index contributed by atoms with van der Waals surface area (Å²) in [6, 6.07) is 6.44. The van der Waals surface area contributed by atoms with E-state index in [1.54, 1.807) is 12.1 Å². The smallest absolute Gasteiger partial charge is 0.319 e. The highest BCUT2D eigenvalue weighted by Gasteiger charge is 2.78. The van der Waals surface area contributed by atoms with Gasteiger partial charge in [-0.3, -0.25) is 4.79 Å². The Morgan fingerprint density at radius 2 is 1.75 bits per heavy atom. The van der Waals surface area contributed by atoms with Gasteiger partial charge in [0.25, 0.3) is 0 Å². The molecule has 1 aliphatic heterocycles. The van der Waals surface area contributed by atoms with Crippen LogP contribution in [0.5, 0.6) is 11.5 Å². The fourth-order valence-electron chi connectivity index (χ4n) is 3.39. The predicted octanol–water partition coefficient (Wildman–Crippen LogP) is 2.46. The van der Waals surface area contributed by atoms with Gasteiger partial charge in [-0.25, -0.2) is 0 Å². The molecule has 2 aliphatic rings. The number of esters is 1. The number of phenols is 1. The summed E-state index contributed by atoms with van der Waals surface area (Å²) in [5.74, 6) is 0.473. The maximum Gasteiger partial charge on any atom is 0.319 e. The van der Waals surface area contributed by atoms with Crippen molar-refractivity contribution in [3.63, 3.8) is 0 Å². The van der Waals surface area contributed by atoms with Gasteiger partial charge >= 0.3 is 5.97 Å². The summed E-state index contributed by atoms with van der Waals surface area (Å²) >= 11 is 0. The van der Waals surface area contributed by atoms with Gasteiger partial charge < -0.3 is 15.2 Å². The van der Waals surface area contributed by atoms with Crippen molar-refractivity contribution >= 4 is 5.97 Å². The lowest BCUT2D eigenvalue weighted by atomic mass is 9.87. The quantitative estimate of drug-likeness (QED) is 0.505. The highest BCUT2D eigenvalue weighted by Crippen LogP contribution is 2.70. The van der Waals surface area contributed by atoms with Crippen LogP contribution in [0.4, 0.5) is 0 Å². The molecule has 0 bridgehead atoms. The van der Waals surface area contributed by atoms with Crippen LogP contribution in [0.15, 0.2) is 24.3 Å². The second-order valence-corrected chi connectivity index (χ2v) is 7.21. The van der Waals surface area contributed by atoms with E-state index in [-0.39, 0.29) is 28.7 Å². The molecule has 0 amide bonds. The Bertz CT molecular complexity index is 562. The van der Waals surface area contributed by atoms with Crippen molar-refractivity contribution in [2.45, 2.75) is 45.7 Å². The lowest BCUT2D eigenvalue weighted by Crippen LogP contribution is -2.34. The summed E-state index contributed by atoms with van der Waals surface area (Å²) < 4.78 is 5.54. The van der Waals surface area contributed by atoms with E-state index in [1.807, 2.05) is 0 Å². The van der Waals surface area contributed by atoms with Gasteiger partial charge in [-0.1, -0.05) is 13.8 Å². The number of hydrogen-bond acceptors (Lipinski definition) is 4. The van der Waals surface area contributed by atoms with Gasteiger partial charge in [-0.15, -0.1) is 0 Å². The van der Waals surface area contributed by atoms with Crippen LogP contribution in [0, 0.1) is 10.8 Å². The molecule has 0 spiro atoms. The Morgan fingerprint density at radius 1 is 1.25 bits per heavy atom. The summed E-state index contributed by atoms with van der Waals surface area (Å²) in [5.41, 5.74) is -0.470. The average Bonchev–Trinajstić information content (AvgIpc) is 3.16. The third kappa shape index (κ3) is 1.82. The summed E-state index contributed by atoms with van der Waals surface area (Å²) in [5, 5.41) is 12.7. The van der Waals surface area contributed by atoms with Crippen LogP contribution < -0.4 is 10.1 Å². The minimum Gasteiger partial charge on any atom is -0.508 e. The Labute approximate surface area is 119 Å². The van der Waals surface area contributed by atoms with Crippen LogP contribution in [0.2, 0.25) is 0 Å². The third-order valence-electron chi connectivity index (χ3n) is 4.86. The number of phenolic OH excluding ortho intramolecular Hbond substituents is 1. The molecule has 4 heteroatoms. The van der Waals surface area contributed by atoms with Gasteiger partial charge in [0, 0.05) is 11.6 Å². The zero-order valence-corrected chi connectivity index (χ0v) is 12.4. The van der Waals surface area contributed by atoms with Gasteiger partial charge in [-0.2, -0.15) is 0 Å². The van der Waals surface area contributed by atoms with E-state index < -0.39 is 5.41 Å². The van der Waals surface area contributed by atoms with Gasteiger partial charge in [-0.05, 0) is 49.9 Å². The molecule has 0 aromatic heterocycles. The molecule has 4 nitrogen and oxygen atoms in total. The fraction of sp³-hybridized carbons (Fsp3) is 0.562. The topological polar surface area (TPSA) is 68.5 Å². The zero-order chi connectivity index (χ0) is 14.8. The minimum absolute atomic E-state index is 0.00173. The van der Waals surface area contributed by atoms with E-state index in [0.29, 0.717) is 5.75 Å². The summed E-state index contributed by atoms with van der Waals surface area (Å²) in [4.78, 5) is 12.6. The highest BCUT2D eigenvalue weighted by atomic mass is 16.5. The van der Waals surface area contributed by atoms with Crippen LogP contribution in [0.3, 0.4) is 0 Å². The molecule has 2 fully saturated rings. The molecule has 108 valence electrons. The molecular formula is C16H21NO3. The van der Waals surface area contributed by atoms with E-state index in [9.17, 15) is 9.90 Å². The lowest BCUT2D eigenvalue weighted by Gasteiger charge is -2.19. The molecule has 1 saturated heterocycles. The minimum atomic E-state index is -0.436. The summed E-state index contributed by atoms with van der Waals surface area (Å²) in [6.07, 6.45) is 0.845. The van der Waals surface area contributed by atoms with E-state index in [0.717, 1.165) is 6.42 Å². The summed E-state index contributed by atoms with van der Waals surface area (Å²) in [7, 11) is 0. The van der Waals surface area contributed by atoms with Crippen LogP contribution in [-0.4, -0.2) is 22.7 Å². The number of hydrogen-bond donors (Lipinski definition) is 2. The zero-order valence-electron chi connectivity index (χ0n) is 12.4. The lowest BCUT2D eigenvalue weighted by molar-refractivity contribution is -0.142. The monoisotopic (exact) mass is 275 g/mol. The Kier molecular flexibility index (Phi) is 2.52. The number of ether oxygens (including phenoxy) is 1. The molecule has 2 N–H and O–H groups in total. The molecule has 1 saturated carbocycles. The normalized spacial score (nSPS) is 32.5. The van der Waals surface area contributed by atoms with Crippen LogP contribution >= 0.6 is 0 Å². The van der Waals surface area contributed by atoms with Gasteiger partial charge in [0.1, 0.15) is 11.5 Å². The highest BCUT2D eigenvalue weighted by molar-refractivity contribution is 5.86. The van der Waals surface area contributed by atoms with Crippen molar-refractivity contribution < 1.29 is 14.6 Å². The molecule has 3 rings (SSSR count). The van der Waals surface area contributed by atoms with Gasteiger partial charge in [0.05, 0.1) is 5.41 Å². The molecule has 20 heavy (non-hydrogen) atoms. The number of carbonyl (C=O) groups is 1. The molecule has 1 aromatic rings.